The van der Waals surface area contributed by atoms with Gasteiger partial charge in [0.05, 0.1) is 0 Å². The Labute approximate surface area is 158 Å². The van der Waals surface area contributed by atoms with Crippen molar-refractivity contribution in [3.63, 3.8) is 0 Å². The van der Waals surface area contributed by atoms with Crippen LogP contribution in [-0.4, -0.2) is 19.8 Å². The number of unbranched alkanes of at least 4 members (excludes halogenated alkanes) is 5. The Morgan fingerprint density at radius 3 is 2.23 bits per heavy atom. The van der Waals surface area contributed by atoms with Crippen LogP contribution in [0.4, 0.5) is 0 Å². The normalized spacial score (nSPS) is 10.7. The first kappa shape index (κ1) is 20.3. The molecule has 0 radical (unpaired) electrons. The highest BCUT2D eigenvalue weighted by Crippen LogP contribution is 2.14. The molecule has 0 atom stereocenters. The third-order valence-corrected chi connectivity index (χ3v) is 4.30. The lowest BCUT2D eigenvalue weighted by atomic mass is 10.1. The Bertz CT molecular complexity index is 586. The van der Waals surface area contributed by atoms with E-state index in [2.05, 4.69) is 30.4 Å². The van der Waals surface area contributed by atoms with Gasteiger partial charge >= 0.3 is 0 Å². The summed E-state index contributed by atoms with van der Waals surface area (Å²) in [5.74, 6) is 1.78. The molecule has 142 valence electrons. The predicted octanol–water partition coefficient (Wildman–Crippen LogP) is 5.59. The van der Waals surface area contributed by atoms with Gasteiger partial charge in [-0.15, -0.1) is 0 Å². The zero-order valence-electron chi connectivity index (χ0n) is 16.1. The van der Waals surface area contributed by atoms with Crippen molar-refractivity contribution in [3.8, 4) is 11.5 Å². The third kappa shape index (κ3) is 8.91. The maximum atomic E-state index is 5.80. The zero-order valence-corrected chi connectivity index (χ0v) is 16.1. The highest BCUT2D eigenvalue weighted by Gasteiger charge is 1.98. The minimum atomic E-state index is 0.545. The lowest BCUT2D eigenvalue weighted by Crippen LogP contribution is -2.15. The molecule has 3 heteroatoms. The Balaban J connectivity index is 1.57. The molecule has 26 heavy (non-hydrogen) atoms. The van der Waals surface area contributed by atoms with Gasteiger partial charge in [-0.05, 0) is 42.8 Å². The van der Waals surface area contributed by atoms with E-state index in [1.54, 1.807) is 0 Å². The van der Waals surface area contributed by atoms with Crippen LogP contribution in [-0.2, 0) is 6.54 Å². The summed E-state index contributed by atoms with van der Waals surface area (Å²) in [5, 5.41) is 3.53. The molecule has 2 aromatic rings. The van der Waals surface area contributed by atoms with Crippen molar-refractivity contribution < 1.29 is 9.47 Å². The summed E-state index contributed by atoms with van der Waals surface area (Å²) in [4.78, 5) is 0. The molecule has 0 saturated heterocycles. The summed E-state index contributed by atoms with van der Waals surface area (Å²) in [6.07, 6.45) is 8.02. The number of benzene rings is 2. The highest BCUT2D eigenvalue weighted by atomic mass is 16.5. The summed E-state index contributed by atoms with van der Waals surface area (Å²) in [6.45, 7) is 5.33. The van der Waals surface area contributed by atoms with Gasteiger partial charge in [0.25, 0.3) is 0 Å². The van der Waals surface area contributed by atoms with E-state index in [4.69, 9.17) is 9.47 Å². The molecule has 0 amide bonds. The summed E-state index contributed by atoms with van der Waals surface area (Å²) in [5.41, 5.74) is 1.26. The van der Waals surface area contributed by atoms with Crippen molar-refractivity contribution in [2.75, 3.05) is 19.8 Å². The van der Waals surface area contributed by atoms with Crippen molar-refractivity contribution in [2.24, 2.45) is 0 Å². The Kier molecular flexibility index (Phi) is 10.3. The SMILES string of the molecule is CCCCCCCCNCc1cccc(OCCOc2ccccc2)c1. The Hall–Kier alpha value is -2.00. The van der Waals surface area contributed by atoms with Crippen LogP contribution >= 0.6 is 0 Å². The van der Waals surface area contributed by atoms with Crippen LogP contribution in [0, 0.1) is 0 Å². The summed E-state index contributed by atoms with van der Waals surface area (Å²) < 4.78 is 11.4. The number of hydrogen-bond acceptors (Lipinski definition) is 3. The van der Waals surface area contributed by atoms with Crippen LogP contribution in [0.1, 0.15) is 51.0 Å². The van der Waals surface area contributed by atoms with E-state index < -0.39 is 0 Å². The molecular formula is C23H33NO2. The molecule has 0 aliphatic heterocycles. The zero-order chi connectivity index (χ0) is 18.3. The molecule has 0 saturated carbocycles. The van der Waals surface area contributed by atoms with E-state index in [1.807, 2.05) is 36.4 Å². The molecule has 2 rings (SSSR count). The van der Waals surface area contributed by atoms with E-state index in [9.17, 15) is 0 Å². The second-order valence-corrected chi connectivity index (χ2v) is 6.60. The third-order valence-electron chi connectivity index (χ3n) is 4.30. The molecule has 0 spiro atoms. The van der Waals surface area contributed by atoms with Crippen LogP contribution in [0.5, 0.6) is 11.5 Å². The van der Waals surface area contributed by atoms with Gasteiger partial charge in [-0.3, -0.25) is 0 Å². The smallest absolute Gasteiger partial charge is 0.122 e. The number of para-hydroxylation sites is 1. The van der Waals surface area contributed by atoms with Crippen LogP contribution in [0.3, 0.4) is 0 Å². The largest absolute Gasteiger partial charge is 0.490 e. The van der Waals surface area contributed by atoms with Crippen LogP contribution in [0.2, 0.25) is 0 Å². The number of nitrogens with one attached hydrogen (secondary N) is 1. The van der Waals surface area contributed by atoms with Crippen molar-refractivity contribution in [2.45, 2.75) is 52.0 Å². The fourth-order valence-corrected chi connectivity index (χ4v) is 2.84. The number of ether oxygens (including phenoxy) is 2. The standard InChI is InChI=1S/C23H33NO2/c1-2-3-4-5-6-10-16-24-20-21-12-11-15-23(19-21)26-18-17-25-22-13-8-7-9-14-22/h7-9,11-15,19,24H,2-6,10,16-18,20H2,1H3. The van der Waals surface area contributed by atoms with Gasteiger partial charge in [0.1, 0.15) is 24.7 Å². The van der Waals surface area contributed by atoms with Crippen molar-refractivity contribution in [1.29, 1.82) is 0 Å². The maximum absolute atomic E-state index is 5.80. The van der Waals surface area contributed by atoms with Crippen LogP contribution < -0.4 is 14.8 Å². The van der Waals surface area contributed by atoms with Gasteiger partial charge in [-0.25, -0.2) is 0 Å². The molecule has 0 bridgehead atoms. The quantitative estimate of drug-likeness (QED) is 0.448. The fourth-order valence-electron chi connectivity index (χ4n) is 2.84. The van der Waals surface area contributed by atoms with Gasteiger partial charge in [0.2, 0.25) is 0 Å². The number of rotatable bonds is 14. The second-order valence-electron chi connectivity index (χ2n) is 6.60. The fraction of sp³-hybridized carbons (Fsp3) is 0.478. The van der Waals surface area contributed by atoms with Gasteiger partial charge in [-0.2, -0.15) is 0 Å². The molecule has 0 unspecified atom stereocenters. The number of hydrogen-bond donors (Lipinski definition) is 1. The monoisotopic (exact) mass is 355 g/mol. The predicted molar refractivity (Wildman–Crippen MR) is 109 cm³/mol. The first-order chi connectivity index (χ1) is 12.9. The van der Waals surface area contributed by atoms with Crippen LogP contribution in [0.25, 0.3) is 0 Å². The molecule has 0 heterocycles. The maximum Gasteiger partial charge on any atom is 0.122 e. The molecule has 0 aliphatic carbocycles. The average molecular weight is 356 g/mol. The van der Waals surface area contributed by atoms with Gasteiger partial charge < -0.3 is 14.8 Å². The lowest BCUT2D eigenvalue weighted by molar-refractivity contribution is 0.217. The minimum Gasteiger partial charge on any atom is -0.490 e. The van der Waals surface area contributed by atoms with E-state index in [1.165, 1.54) is 44.1 Å². The molecule has 3 nitrogen and oxygen atoms in total. The van der Waals surface area contributed by atoms with E-state index in [0.29, 0.717) is 13.2 Å². The van der Waals surface area contributed by atoms with E-state index in [0.717, 1.165) is 24.6 Å². The summed E-state index contributed by atoms with van der Waals surface area (Å²) in [7, 11) is 0. The molecule has 0 fully saturated rings. The first-order valence-electron chi connectivity index (χ1n) is 9.99. The lowest BCUT2D eigenvalue weighted by Gasteiger charge is -2.10. The van der Waals surface area contributed by atoms with Crippen molar-refractivity contribution >= 4 is 0 Å². The first-order valence-corrected chi connectivity index (χ1v) is 9.99. The molecule has 0 aliphatic rings. The van der Waals surface area contributed by atoms with Crippen molar-refractivity contribution in [3.05, 3.63) is 60.2 Å². The topological polar surface area (TPSA) is 30.5 Å². The van der Waals surface area contributed by atoms with Gasteiger partial charge in [0.15, 0.2) is 0 Å². The minimum absolute atomic E-state index is 0.545. The summed E-state index contributed by atoms with van der Waals surface area (Å²) >= 11 is 0. The van der Waals surface area contributed by atoms with Crippen molar-refractivity contribution in [1.82, 2.24) is 5.32 Å². The van der Waals surface area contributed by atoms with E-state index >= 15 is 0 Å². The molecule has 1 N–H and O–H groups in total. The van der Waals surface area contributed by atoms with Gasteiger partial charge in [-0.1, -0.05) is 69.4 Å². The molecular weight excluding hydrogens is 322 g/mol. The summed E-state index contributed by atoms with van der Waals surface area (Å²) in [6, 6.07) is 18.1. The Morgan fingerprint density at radius 1 is 0.731 bits per heavy atom. The average Bonchev–Trinajstić information content (AvgIpc) is 2.68. The van der Waals surface area contributed by atoms with Crippen LogP contribution in [0.15, 0.2) is 54.6 Å². The van der Waals surface area contributed by atoms with E-state index in [-0.39, 0.29) is 0 Å². The molecule has 2 aromatic carbocycles. The molecule has 0 aromatic heterocycles. The second kappa shape index (κ2) is 13.2. The highest BCUT2D eigenvalue weighted by molar-refractivity contribution is 5.28. The Morgan fingerprint density at radius 2 is 1.42 bits per heavy atom. The van der Waals surface area contributed by atoms with Gasteiger partial charge in [0, 0.05) is 6.54 Å².